The molecule has 0 fully saturated rings. The molecule has 0 heterocycles. The lowest BCUT2D eigenvalue weighted by Crippen LogP contribution is -2.00. The Bertz CT molecular complexity index is 819. The van der Waals surface area contributed by atoms with Gasteiger partial charge in [0.1, 0.15) is 12.2 Å². The third-order valence-electron chi connectivity index (χ3n) is 4.28. The maximum atomic E-state index is 11.6. The summed E-state index contributed by atoms with van der Waals surface area (Å²) in [5.41, 5.74) is 1.63. The van der Waals surface area contributed by atoms with Crippen molar-refractivity contribution in [1.29, 1.82) is 0 Å². The molecule has 4 heteroatoms. The standard InChI is InChI=1S/C26H26O4/c27-25(29-21-19-23-13-7-5-8-14-23)17-11-3-1-2-4-12-18-26(28)30-22-20-24-15-9-6-10-16-24/h5-10,13-16H,1-4,11-12,17-18H2. The summed E-state index contributed by atoms with van der Waals surface area (Å²) in [6, 6.07) is 18.8. The first-order chi connectivity index (χ1) is 14.7. The molecule has 2 aromatic carbocycles. The van der Waals surface area contributed by atoms with Crippen LogP contribution in [-0.2, 0) is 19.1 Å². The molecule has 0 atom stereocenters. The Morgan fingerprint density at radius 1 is 0.567 bits per heavy atom. The molecule has 2 aromatic rings. The summed E-state index contributed by atoms with van der Waals surface area (Å²) in [4.78, 5) is 23.3. The van der Waals surface area contributed by atoms with Gasteiger partial charge in [0, 0.05) is 24.0 Å². The van der Waals surface area contributed by atoms with Crippen LogP contribution in [0.4, 0.5) is 0 Å². The summed E-state index contributed by atoms with van der Waals surface area (Å²) in [6.45, 7) is 0. The van der Waals surface area contributed by atoms with Crippen LogP contribution in [0.5, 0.6) is 0 Å². The van der Waals surface area contributed by atoms with Crippen LogP contribution in [0.15, 0.2) is 60.7 Å². The molecule has 0 aliphatic heterocycles. The second-order valence-corrected chi connectivity index (χ2v) is 6.76. The molecular weight excluding hydrogens is 376 g/mol. The average Bonchev–Trinajstić information content (AvgIpc) is 2.77. The highest BCUT2D eigenvalue weighted by Gasteiger charge is 2.03. The van der Waals surface area contributed by atoms with Gasteiger partial charge in [-0.3, -0.25) is 9.59 Å². The quantitative estimate of drug-likeness (QED) is 0.328. The minimum Gasteiger partial charge on any atom is -0.372 e. The molecule has 0 amide bonds. The molecule has 0 saturated heterocycles. The molecule has 0 unspecified atom stereocenters. The van der Waals surface area contributed by atoms with Crippen LogP contribution in [0.2, 0.25) is 0 Å². The van der Waals surface area contributed by atoms with Crippen molar-refractivity contribution < 1.29 is 19.1 Å². The average molecular weight is 402 g/mol. The molecule has 0 aromatic heterocycles. The molecule has 0 radical (unpaired) electrons. The van der Waals surface area contributed by atoms with E-state index in [4.69, 9.17) is 9.47 Å². The molecule has 0 saturated carbocycles. The van der Waals surface area contributed by atoms with Crippen molar-refractivity contribution in [3.63, 3.8) is 0 Å². The van der Waals surface area contributed by atoms with Gasteiger partial charge >= 0.3 is 11.9 Å². The fourth-order valence-electron chi connectivity index (χ4n) is 2.67. The fraction of sp³-hybridized carbons (Fsp3) is 0.308. The molecule has 4 nitrogen and oxygen atoms in total. The van der Waals surface area contributed by atoms with Crippen molar-refractivity contribution in [2.24, 2.45) is 0 Å². The van der Waals surface area contributed by atoms with Crippen molar-refractivity contribution >= 4 is 11.9 Å². The number of ether oxygens (including phenoxy) is 2. The molecule has 154 valence electrons. The Kier molecular flexibility index (Phi) is 11.0. The Hall–Kier alpha value is -3.50. The Balaban J connectivity index is 1.43. The van der Waals surface area contributed by atoms with Gasteiger partial charge in [0.2, 0.25) is 0 Å². The van der Waals surface area contributed by atoms with Crippen LogP contribution in [-0.4, -0.2) is 11.9 Å². The second kappa shape index (κ2) is 14.5. The fourth-order valence-corrected chi connectivity index (χ4v) is 2.67. The Morgan fingerprint density at radius 3 is 1.33 bits per heavy atom. The van der Waals surface area contributed by atoms with E-state index in [2.05, 4.69) is 24.1 Å². The van der Waals surface area contributed by atoms with E-state index in [0.29, 0.717) is 12.8 Å². The van der Waals surface area contributed by atoms with Crippen molar-refractivity contribution in [2.45, 2.75) is 51.4 Å². The highest BCUT2D eigenvalue weighted by Crippen LogP contribution is 2.09. The smallest absolute Gasteiger partial charge is 0.319 e. The number of esters is 2. The van der Waals surface area contributed by atoms with Crippen LogP contribution >= 0.6 is 0 Å². The van der Waals surface area contributed by atoms with Gasteiger partial charge < -0.3 is 9.47 Å². The number of hydrogen-bond acceptors (Lipinski definition) is 4. The molecule has 0 N–H and O–H groups in total. The van der Waals surface area contributed by atoms with Gasteiger partial charge in [-0.15, -0.1) is 0 Å². The minimum atomic E-state index is -0.294. The predicted molar refractivity (Wildman–Crippen MR) is 116 cm³/mol. The maximum Gasteiger partial charge on any atom is 0.319 e. The van der Waals surface area contributed by atoms with E-state index in [1.807, 2.05) is 60.7 Å². The van der Waals surface area contributed by atoms with E-state index in [1.54, 1.807) is 0 Å². The summed E-state index contributed by atoms with van der Waals surface area (Å²) in [6.07, 6.45) is 11.2. The van der Waals surface area contributed by atoms with E-state index in [-0.39, 0.29) is 11.9 Å². The molecule has 0 spiro atoms. The molecule has 2 rings (SSSR count). The first-order valence-electron chi connectivity index (χ1n) is 10.3. The largest absolute Gasteiger partial charge is 0.372 e. The molecule has 0 bridgehead atoms. The summed E-state index contributed by atoms with van der Waals surface area (Å²) in [5.74, 6) is 4.99. The zero-order valence-electron chi connectivity index (χ0n) is 17.1. The monoisotopic (exact) mass is 402 g/mol. The second-order valence-electron chi connectivity index (χ2n) is 6.76. The minimum absolute atomic E-state index is 0.294. The van der Waals surface area contributed by atoms with E-state index in [9.17, 15) is 9.59 Å². The zero-order chi connectivity index (χ0) is 21.3. The number of carbonyl (C=O) groups excluding carboxylic acids is 2. The van der Waals surface area contributed by atoms with Crippen molar-refractivity contribution in [3.05, 3.63) is 71.8 Å². The van der Waals surface area contributed by atoms with Crippen molar-refractivity contribution in [1.82, 2.24) is 0 Å². The van der Waals surface area contributed by atoms with Crippen LogP contribution in [0.1, 0.15) is 62.5 Å². The summed E-state index contributed by atoms with van der Waals surface area (Å²) in [7, 11) is 0. The lowest BCUT2D eigenvalue weighted by atomic mass is 10.1. The van der Waals surface area contributed by atoms with Crippen LogP contribution in [0.25, 0.3) is 0 Å². The van der Waals surface area contributed by atoms with Crippen molar-refractivity contribution in [3.8, 4) is 24.1 Å². The van der Waals surface area contributed by atoms with Crippen molar-refractivity contribution in [2.75, 3.05) is 0 Å². The summed E-state index contributed by atoms with van der Waals surface area (Å²) in [5, 5.41) is 0. The number of hydrogen-bond donors (Lipinski definition) is 0. The van der Waals surface area contributed by atoms with Crippen LogP contribution < -0.4 is 0 Å². The third kappa shape index (κ3) is 10.7. The molecule has 0 aliphatic carbocycles. The summed E-state index contributed by atoms with van der Waals surface area (Å²) < 4.78 is 9.83. The molecular formula is C26H26O4. The third-order valence-corrected chi connectivity index (χ3v) is 4.28. The van der Waals surface area contributed by atoms with E-state index in [1.165, 1.54) is 0 Å². The van der Waals surface area contributed by atoms with Crippen LogP contribution in [0, 0.1) is 24.1 Å². The lowest BCUT2D eigenvalue weighted by Gasteiger charge is -2.01. The van der Waals surface area contributed by atoms with Gasteiger partial charge in [0.05, 0.1) is 0 Å². The van der Waals surface area contributed by atoms with E-state index in [0.717, 1.165) is 49.7 Å². The van der Waals surface area contributed by atoms with Gasteiger partial charge in [0.15, 0.2) is 0 Å². The normalized spacial score (nSPS) is 9.47. The van der Waals surface area contributed by atoms with Gasteiger partial charge in [-0.2, -0.15) is 0 Å². The first kappa shape index (κ1) is 22.8. The first-order valence-corrected chi connectivity index (χ1v) is 10.3. The van der Waals surface area contributed by atoms with E-state index >= 15 is 0 Å². The maximum absolute atomic E-state index is 11.6. The van der Waals surface area contributed by atoms with Crippen LogP contribution in [0.3, 0.4) is 0 Å². The van der Waals surface area contributed by atoms with Gasteiger partial charge in [-0.25, -0.2) is 0 Å². The number of benzene rings is 2. The highest BCUT2D eigenvalue weighted by molar-refractivity contribution is 5.71. The number of unbranched alkanes of at least 4 members (excludes halogenated alkanes) is 5. The van der Waals surface area contributed by atoms with Gasteiger partial charge in [-0.1, -0.05) is 62.1 Å². The van der Waals surface area contributed by atoms with E-state index < -0.39 is 0 Å². The topological polar surface area (TPSA) is 52.6 Å². The van der Waals surface area contributed by atoms with Gasteiger partial charge in [-0.05, 0) is 48.9 Å². The predicted octanol–water partition coefficient (Wildman–Crippen LogP) is 5.21. The zero-order valence-corrected chi connectivity index (χ0v) is 17.1. The van der Waals surface area contributed by atoms with Gasteiger partial charge in [0.25, 0.3) is 0 Å². The Labute approximate surface area is 178 Å². The highest BCUT2D eigenvalue weighted by atomic mass is 16.5. The SMILES string of the molecule is O=C(CCCCCCCCC(=O)OC#Cc1ccccc1)OC#Cc1ccccc1. The molecule has 30 heavy (non-hydrogen) atoms. The lowest BCUT2D eigenvalue weighted by molar-refractivity contribution is -0.137. The Morgan fingerprint density at radius 2 is 0.933 bits per heavy atom. The number of rotatable bonds is 9. The molecule has 0 aliphatic rings. The summed E-state index contributed by atoms with van der Waals surface area (Å²) >= 11 is 0. The number of carbonyl (C=O) groups is 2.